The van der Waals surface area contributed by atoms with E-state index in [1.54, 1.807) is 0 Å². The van der Waals surface area contributed by atoms with Gasteiger partial charge in [0.05, 0.1) is 6.10 Å². The molecule has 2 nitrogen and oxygen atoms in total. The maximum absolute atomic E-state index is 6.30. The quantitative estimate of drug-likeness (QED) is 0.475. The lowest BCUT2D eigenvalue weighted by Gasteiger charge is -1.96. The Balaban J connectivity index is 2.86. The summed E-state index contributed by atoms with van der Waals surface area (Å²) in [6.07, 6.45) is 0.189. The van der Waals surface area contributed by atoms with Crippen LogP contribution in [0.4, 0.5) is 0 Å². The van der Waals surface area contributed by atoms with Crippen molar-refractivity contribution in [2.24, 2.45) is 0 Å². The van der Waals surface area contributed by atoms with Crippen molar-refractivity contribution in [3.63, 3.8) is 0 Å². The fraction of sp³-hybridized carbons (Fsp3) is 0.800. The Bertz CT molecular complexity index is 72.6. The molecule has 0 unspecified atom stereocenters. The minimum Gasteiger partial charge on any atom is -0.310 e. The molecule has 40 valence electrons. The van der Waals surface area contributed by atoms with Gasteiger partial charge in [-0.15, -0.1) is 0 Å². The Morgan fingerprint density at radius 3 is 2.43 bits per heavy atom. The lowest BCUT2D eigenvalue weighted by Crippen LogP contribution is -1.99. The summed E-state index contributed by atoms with van der Waals surface area (Å²) in [5.41, 5.74) is 0. The van der Waals surface area contributed by atoms with Gasteiger partial charge in [-0.05, 0) is 13.8 Å². The van der Waals surface area contributed by atoms with Gasteiger partial charge in [0.15, 0.2) is 0 Å². The van der Waals surface area contributed by atoms with Crippen molar-refractivity contribution < 1.29 is 4.74 Å². The van der Waals surface area contributed by atoms with E-state index in [1.165, 1.54) is 0 Å². The van der Waals surface area contributed by atoms with E-state index in [4.69, 9.17) is 11.3 Å². The highest BCUT2D eigenvalue weighted by atomic mass is 16.5. The van der Waals surface area contributed by atoms with E-state index in [1.807, 2.05) is 13.8 Å². The summed E-state index contributed by atoms with van der Waals surface area (Å²) in [6.45, 7) is 10.3. The van der Waals surface area contributed by atoms with Crippen LogP contribution in [0, 0.1) is 6.57 Å². The van der Waals surface area contributed by atoms with Gasteiger partial charge < -0.3 is 4.74 Å². The van der Waals surface area contributed by atoms with Crippen LogP contribution in [0.3, 0.4) is 0 Å². The Kier molecular flexibility index (Phi) is 3.35. The minimum absolute atomic E-state index is 0.189. The number of hydrogen-bond donors (Lipinski definition) is 0. The predicted octanol–water partition coefficient (Wildman–Crippen LogP) is 1.29. The van der Waals surface area contributed by atoms with Gasteiger partial charge >= 0.3 is 6.73 Å². The van der Waals surface area contributed by atoms with Crippen LogP contribution in [-0.2, 0) is 4.74 Å². The molecule has 7 heavy (non-hydrogen) atoms. The summed E-state index contributed by atoms with van der Waals surface area (Å²) < 4.78 is 4.84. The molecule has 0 aromatic rings. The third-order valence-corrected chi connectivity index (χ3v) is 0.472. The van der Waals surface area contributed by atoms with E-state index in [9.17, 15) is 0 Å². The van der Waals surface area contributed by atoms with Crippen molar-refractivity contribution in [3.05, 3.63) is 11.4 Å². The first-order valence-corrected chi connectivity index (χ1v) is 2.22. The average molecular weight is 99.1 g/mol. The molecule has 0 radical (unpaired) electrons. The molecule has 0 aliphatic carbocycles. The monoisotopic (exact) mass is 99.1 g/mol. The van der Waals surface area contributed by atoms with Crippen molar-refractivity contribution in [3.8, 4) is 0 Å². The molecule has 0 aromatic heterocycles. The smallest absolute Gasteiger partial charge is 0.310 e. The van der Waals surface area contributed by atoms with E-state index in [2.05, 4.69) is 4.85 Å². The highest BCUT2D eigenvalue weighted by Gasteiger charge is 1.89. The van der Waals surface area contributed by atoms with Gasteiger partial charge in [0.1, 0.15) is 0 Å². The Morgan fingerprint density at radius 1 is 1.71 bits per heavy atom. The van der Waals surface area contributed by atoms with E-state index in [0.717, 1.165) is 0 Å². The fourth-order valence-electron chi connectivity index (χ4n) is 0.186. The highest BCUT2D eigenvalue weighted by Crippen LogP contribution is 1.85. The molecule has 0 atom stereocenters. The molecule has 2 heteroatoms. The molecule has 0 fully saturated rings. The van der Waals surface area contributed by atoms with Crippen LogP contribution >= 0.6 is 0 Å². The maximum Gasteiger partial charge on any atom is 0.318 e. The van der Waals surface area contributed by atoms with Gasteiger partial charge in [0, 0.05) is 0 Å². The summed E-state index contributed by atoms with van der Waals surface area (Å²) in [4.78, 5) is 3.00. The third kappa shape index (κ3) is 5.45. The Labute approximate surface area is 43.9 Å². The average Bonchev–Trinajstić information content (AvgIpc) is 1.61. The van der Waals surface area contributed by atoms with E-state index in [0.29, 0.717) is 0 Å². The van der Waals surface area contributed by atoms with Gasteiger partial charge in [0.25, 0.3) is 0 Å². The van der Waals surface area contributed by atoms with Crippen molar-refractivity contribution in [1.82, 2.24) is 0 Å². The van der Waals surface area contributed by atoms with Crippen molar-refractivity contribution >= 4 is 0 Å². The molecule has 0 amide bonds. The second kappa shape index (κ2) is 3.63. The molecule has 0 aliphatic heterocycles. The normalized spacial score (nSPS) is 8.86. The van der Waals surface area contributed by atoms with Gasteiger partial charge in [-0.3, -0.25) is 4.85 Å². The summed E-state index contributed by atoms with van der Waals surface area (Å²) >= 11 is 0. The first-order chi connectivity index (χ1) is 3.27. The first kappa shape index (κ1) is 6.45. The molecule has 0 N–H and O–H groups in total. The maximum atomic E-state index is 6.30. The molecule has 0 aromatic carbocycles. The molecule has 0 saturated carbocycles. The summed E-state index contributed by atoms with van der Waals surface area (Å²) in [7, 11) is 0. The molecule has 0 spiro atoms. The van der Waals surface area contributed by atoms with Crippen LogP contribution in [-0.4, -0.2) is 12.8 Å². The van der Waals surface area contributed by atoms with Gasteiger partial charge in [-0.25, -0.2) is 6.57 Å². The van der Waals surface area contributed by atoms with Crippen LogP contribution in [0.15, 0.2) is 0 Å². The van der Waals surface area contributed by atoms with Crippen LogP contribution in [0.2, 0.25) is 0 Å². The summed E-state index contributed by atoms with van der Waals surface area (Å²) in [5.74, 6) is 0. The molecule has 0 rings (SSSR count). The summed E-state index contributed by atoms with van der Waals surface area (Å²) in [6, 6.07) is 0. The molecule has 0 heterocycles. The molecular weight excluding hydrogens is 90.1 g/mol. The third-order valence-electron chi connectivity index (χ3n) is 0.472. The van der Waals surface area contributed by atoms with Crippen LogP contribution in [0.1, 0.15) is 13.8 Å². The number of hydrogen-bond acceptors (Lipinski definition) is 1. The second-order valence-electron chi connectivity index (χ2n) is 1.50. The zero-order chi connectivity index (χ0) is 5.70. The number of ether oxygens (including phenoxy) is 1. The van der Waals surface area contributed by atoms with Crippen LogP contribution in [0.25, 0.3) is 4.85 Å². The van der Waals surface area contributed by atoms with Crippen molar-refractivity contribution in [2.75, 3.05) is 6.73 Å². The van der Waals surface area contributed by atoms with E-state index < -0.39 is 0 Å². The Hall–Kier alpha value is -0.550. The van der Waals surface area contributed by atoms with Gasteiger partial charge in [-0.1, -0.05) is 0 Å². The van der Waals surface area contributed by atoms with Crippen molar-refractivity contribution in [2.45, 2.75) is 20.0 Å². The lowest BCUT2D eigenvalue weighted by atomic mass is 10.5. The minimum atomic E-state index is 0.189. The van der Waals surface area contributed by atoms with Crippen molar-refractivity contribution in [1.29, 1.82) is 0 Å². The molecule has 0 saturated heterocycles. The van der Waals surface area contributed by atoms with Gasteiger partial charge in [-0.2, -0.15) is 0 Å². The standard InChI is InChI=1S/C5H9NO/c1-5(2)7-4-6-3/h5H,4H2,1-2H3. The SMILES string of the molecule is [C-]#[N+]COC(C)C. The lowest BCUT2D eigenvalue weighted by molar-refractivity contribution is 0.101. The Morgan fingerprint density at radius 2 is 2.29 bits per heavy atom. The van der Waals surface area contributed by atoms with Gasteiger partial charge in [0.2, 0.25) is 0 Å². The zero-order valence-corrected chi connectivity index (χ0v) is 4.64. The summed E-state index contributed by atoms with van der Waals surface area (Å²) in [5, 5.41) is 0. The topological polar surface area (TPSA) is 13.6 Å². The molecule has 0 bridgehead atoms. The largest absolute Gasteiger partial charge is 0.318 e. The molecular formula is C5H9NO. The van der Waals surface area contributed by atoms with Crippen LogP contribution < -0.4 is 0 Å². The fourth-order valence-corrected chi connectivity index (χ4v) is 0.186. The van der Waals surface area contributed by atoms with Crippen LogP contribution in [0.5, 0.6) is 0 Å². The molecule has 0 aliphatic rings. The van der Waals surface area contributed by atoms with E-state index in [-0.39, 0.29) is 12.8 Å². The van der Waals surface area contributed by atoms with E-state index >= 15 is 0 Å². The highest BCUT2D eigenvalue weighted by molar-refractivity contribution is 4.47. The number of rotatable bonds is 2. The second-order valence-corrected chi connectivity index (χ2v) is 1.50. The predicted molar refractivity (Wildman–Crippen MR) is 27.7 cm³/mol. The first-order valence-electron chi connectivity index (χ1n) is 2.22. The zero-order valence-electron chi connectivity index (χ0n) is 4.64. The number of nitrogens with zero attached hydrogens (tertiary/aromatic N) is 1.